The summed E-state index contributed by atoms with van der Waals surface area (Å²) in [5.41, 5.74) is 0. The summed E-state index contributed by atoms with van der Waals surface area (Å²) in [6.07, 6.45) is 1.69. The molecule has 2 aromatic heterocycles. The van der Waals surface area contributed by atoms with E-state index in [4.69, 9.17) is 4.52 Å². The fraction of sp³-hybridized carbons (Fsp3) is 0.462. The standard InChI is InChI=1S/C13H19N5OS.HI/c1-10-17-12(19-18-10)6-8-16-13(14-2)15-7-5-11-4-3-9-20-11;/h3-4,9H,5-8H2,1-2H3,(H2,14,15,16);1H. The first-order valence-corrected chi connectivity index (χ1v) is 7.42. The Labute approximate surface area is 145 Å². The number of nitrogens with one attached hydrogen (secondary N) is 2. The largest absolute Gasteiger partial charge is 0.356 e. The average Bonchev–Trinajstić information content (AvgIpc) is 3.09. The first-order chi connectivity index (χ1) is 9.78. The highest BCUT2D eigenvalue weighted by atomic mass is 127. The highest BCUT2D eigenvalue weighted by Crippen LogP contribution is 2.07. The smallest absolute Gasteiger partial charge is 0.228 e. The zero-order valence-corrected chi connectivity index (χ0v) is 15.3. The second-order valence-corrected chi connectivity index (χ2v) is 5.27. The van der Waals surface area contributed by atoms with E-state index in [1.54, 1.807) is 18.4 Å². The molecule has 0 saturated carbocycles. The van der Waals surface area contributed by atoms with Crippen molar-refractivity contribution in [3.05, 3.63) is 34.1 Å². The van der Waals surface area contributed by atoms with Gasteiger partial charge in [0, 0.05) is 31.4 Å². The Morgan fingerprint density at radius 3 is 2.67 bits per heavy atom. The molecule has 2 aromatic rings. The molecule has 0 atom stereocenters. The Morgan fingerprint density at radius 2 is 2.10 bits per heavy atom. The van der Waals surface area contributed by atoms with Gasteiger partial charge in [-0.25, -0.2) is 0 Å². The van der Waals surface area contributed by atoms with E-state index in [9.17, 15) is 0 Å². The maximum Gasteiger partial charge on any atom is 0.228 e. The van der Waals surface area contributed by atoms with Crippen LogP contribution >= 0.6 is 35.3 Å². The zero-order chi connectivity index (χ0) is 14.2. The van der Waals surface area contributed by atoms with Crippen LogP contribution in [0.3, 0.4) is 0 Å². The number of guanidine groups is 1. The third-order valence-corrected chi connectivity index (χ3v) is 3.60. The minimum atomic E-state index is 0. The van der Waals surface area contributed by atoms with Crippen molar-refractivity contribution in [2.24, 2.45) is 4.99 Å². The summed E-state index contributed by atoms with van der Waals surface area (Å²) in [6, 6.07) is 4.21. The predicted octanol–water partition coefficient (Wildman–Crippen LogP) is 2.01. The van der Waals surface area contributed by atoms with Gasteiger partial charge in [0.05, 0.1) is 0 Å². The number of aryl methyl sites for hydroxylation is 1. The van der Waals surface area contributed by atoms with E-state index in [1.807, 2.05) is 6.92 Å². The number of rotatable bonds is 6. The minimum Gasteiger partial charge on any atom is -0.356 e. The lowest BCUT2D eigenvalue weighted by molar-refractivity contribution is 0.374. The van der Waals surface area contributed by atoms with Gasteiger partial charge in [-0.05, 0) is 24.8 Å². The quantitative estimate of drug-likeness (QED) is 0.424. The van der Waals surface area contributed by atoms with Gasteiger partial charge in [0.1, 0.15) is 0 Å². The van der Waals surface area contributed by atoms with Crippen molar-refractivity contribution >= 4 is 41.3 Å². The van der Waals surface area contributed by atoms with Crippen molar-refractivity contribution in [1.82, 2.24) is 20.8 Å². The first-order valence-electron chi connectivity index (χ1n) is 6.54. The molecule has 2 heterocycles. The van der Waals surface area contributed by atoms with Crippen LogP contribution in [0.1, 0.15) is 16.6 Å². The van der Waals surface area contributed by atoms with Crippen LogP contribution in [0.2, 0.25) is 0 Å². The van der Waals surface area contributed by atoms with E-state index in [0.717, 1.165) is 18.9 Å². The summed E-state index contributed by atoms with van der Waals surface area (Å²) in [5.74, 6) is 2.10. The topological polar surface area (TPSA) is 75.3 Å². The van der Waals surface area contributed by atoms with E-state index < -0.39 is 0 Å². The SMILES string of the molecule is CN=C(NCCc1nc(C)no1)NCCc1cccs1.I. The van der Waals surface area contributed by atoms with Crippen molar-refractivity contribution < 1.29 is 4.52 Å². The zero-order valence-electron chi connectivity index (χ0n) is 12.1. The normalized spacial score (nSPS) is 11.0. The van der Waals surface area contributed by atoms with E-state index >= 15 is 0 Å². The van der Waals surface area contributed by atoms with Gasteiger partial charge in [-0.2, -0.15) is 4.98 Å². The first kappa shape index (κ1) is 17.9. The van der Waals surface area contributed by atoms with Gasteiger partial charge in [-0.1, -0.05) is 11.2 Å². The minimum absolute atomic E-state index is 0. The maximum atomic E-state index is 5.05. The molecular formula is C13H20IN5OS. The molecule has 0 saturated heterocycles. The molecule has 0 spiro atoms. The van der Waals surface area contributed by atoms with Crippen LogP contribution in [0.15, 0.2) is 27.0 Å². The molecule has 0 aliphatic rings. The van der Waals surface area contributed by atoms with E-state index in [-0.39, 0.29) is 24.0 Å². The fourth-order valence-corrected chi connectivity index (χ4v) is 2.42. The number of hydrogen-bond donors (Lipinski definition) is 2. The van der Waals surface area contributed by atoms with Crippen molar-refractivity contribution in [3.63, 3.8) is 0 Å². The highest BCUT2D eigenvalue weighted by molar-refractivity contribution is 14.0. The molecule has 0 aliphatic carbocycles. The number of hydrogen-bond acceptors (Lipinski definition) is 5. The summed E-state index contributed by atoms with van der Waals surface area (Å²) in [6.45, 7) is 3.38. The molecule has 0 aromatic carbocycles. The fourth-order valence-electron chi connectivity index (χ4n) is 1.71. The molecule has 0 radical (unpaired) electrons. The summed E-state index contributed by atoms with van der Waals surface area (Å²) < 4.78 is 5.05. The molecule has 0 amide bonds. The summed E-state index contributed by atoms with van der Waals surface area (Å²) >= 11 is 1.77. The summed E-state index contributed by atoms with van der Waals surface area (Å²) in [4.78, 5) is 9.70. The maximum absolute atomic E-state index is 5.05. The molecule has 2 rings (SSSR count). The number of aromatic nitrogens is 2. The Balaban J connectivity index is 0.00000220. The highest BCUT2D eigenvalue weighted by Gasteiger charge is 2.03. The monoisotopic (exact) mass is 421 g/mol. The molecular weight excluding hydrogens is 401 g/mol. The molecule has 6 nitrogen and oxygen atoms in total. The molecule has 0 bridgehead atoms. The molecule has 0 aliphatic heterocycles. The van der Waals surface area contributed by atoms with Crippen molar-refractivity contribution in [3.8, 4) is 0 Å². The third kappa shape index (κ3) is 6.42. The van der Waals surface area contributed by atoms with Crippen LogP contribution in [-0.2, 0) is 12.8 Å². The van der Waals surface area contributed by atoms with Gasteiger partial charge in [-0.15, -0.1) is 35.3 Å². The number of halogens is 1. The molecule has 0 unspecified atom stereocenters. The molecule has 8 heteroatoms. The van der Waals surface area contributed by atoms with Crippen LogP contribution in [0.5, 0.6) is 0 Å². The molecule has 116 valence electrons. The van der Waals surface area contributed by atoms with E-state index in [0.29, 0.717) is 24.7 Å². The van der Waals surface area contributed by atoms with Gasteiger partial charge in [0.15, 0.2) is 11.8 Å². The van der Waals surface area contributed by atoms with Crippen molar-refractivity contribution in [2.75, 3.05) is 20.1 Å². The lowest BCUT2D eigenvalue weighted by Crippen LogP contribution is -2.39. The second-order valence-electron chi connectivity index (χ2n) is 4.24. The lowest BCUT2D eigenvalue weighted by atomic mass is 10.3. The van der Waals surface area contributed by atoms with Gasteiger partial charge in [0.25, 0.3) is 0 Å². The van der Waals surface area contributed by atoms with Gasteiger partial charge >= 0.3 is 0 Å². The Kier molecular flexibility index (Phi) is 8.28. The Morgan fingerprint density at radius 1 is 1.33 bits per heavy atom. The summed E-state index contributed by atoms with van der Waals surface area (Å²) in [5, 5.41) is 12.3. The van der Waals surface area contributed by atoms with Crippen molar-refractivity contribution in [1.29, 1.82) is 0 Å². The molecule has 21 heavy (non-hydrogen) atoms. The number of nitrogens with zero attached hydrogens (tertiary/aromatic N) is 3. The van der Waals surface area contributed by atoms with Crippen LogP contribution in [0.25, 0.3) is 0 Å². The van der Waals surface area contributed by atoms with Crippen LogP contribution in [0.4, 0.5) is 0 Å². The molecule has 0 fully saturated rings. The number of thiophene rings is 1. The lowest BCUT2D eigenvalue weighted by Gasteiger charge is -2.10. The second kappa shape index (κ2) is 9.72. The Bertz CT molecular complexity index is 541. The van der Waals surface area contributed by atoms with Crippen LogP contribution in [-0.4, -0.2) is 36.2 Å². The number of aliphatic imine (C=N–C) groups is 1. The van der Waals surface area contributed by atoms with Gasteiger partial charge in [0.2, 0.25) is 5.89 Å². The van der Waals surface area contributed by atoms with E-state index in [2.05, 4.69) is 43.3 Å². The van der Waals surface area contributed by atoms with Gasteiger partial charge < -0.3 is 15.2 Å². The van der Waals surface area contributed by atoms with Crippen LogP contribution < -0.4 is 10.6 Å². The third-order valence-electron chi connectivity index (χ3n) is 2.67. The summed E-state index contributed by atoms with van der Waals surface area (Å²) in [7, 11) is 1.76. The predicted molar refractivity (Wildman–Crippen MR) is 95.5 cm³/mol. The average molecular weight is 421 g/mol. The van der Waals surface area contributed by atoms with Gasteiger partial charge in [-0.3, -0.25) is 4.99 Å². The Hall–Kier alpha value is -1.16. The van der Waals surface area contributed by atoms with E-state index in [1.165, 1.54) is 4.88 Å². The van der Waals surface area contributed by atoms with Crippen molar-refractivity contribution in [2.45, 2.75) is 19.8 Å². The van der Waals surface area contributed by atoms with Crippen LogP contribution in [0, 0.1) is 6.92 Å². The molecule has 2 N–H and O–H groups in total.